The van der Waals surface area contributed by atoms with E-state index in [2.05, 4.69) is 12.2 Å². The lowest BCUT2D eigenvalue weighted by molar-refractivity contribution is -0.137. The standard InChI is InChI=1S/C24H28N4O3/c1-2-18-8-6-7-11-21(18)28-17-19(16-22(28)29)23(30)26-12-14-27(15-13-26)24(31)25-20-9-4-3-5-10-20/h3-11,19H,2,12-17H2,1H3,(H,25,31). The third-order valence-corrected chi connectivity index (χ3v) is 6.04. The molecule has 0 aliphatic carbocycles. The lowest BCUT2D eigenvalue weighted by Gasteiger charge is -2.35. The summed E-state index contributed by atoms with van der Waals surface area (Å²) in [5.74, 6) is -0.324. The number of hydrogen-bond donors (Lipinski definition) is 1. The molecule has 7 nitrogen and oxygen atoms in total. The summed E-state index contributed by atoms with van der Waals surface area (Å²) in [5, 5.41) is 2.88. The molecule has 2 aliphatic rings. The lowest BCUT2D eigenvalue weighted by atomic mass is 10.1. The van der Waals surface area contributed by atoms with Gasteiger partial charge in [0.1, 0.15) is 0 Å². The molecule has 0 bridgehead atoms. The molecule has 2 saturated heterocycles. The highest BCUT2D eigenvalue weighted by Gasteiger charge is 2.38. The minimum absolute atomic E-state index is 0.000116. The van der Waals surface area contributed by atoms with Crippen LogP contribution in [0, 0.1) is 5.92 Å². The van der Waals surface area contributed by atoms with Crippen molar-refractivity contribution >= 4 is 29.2 Å². The average Bonchev–Trinajstić information content (AvgIpc) is 3.20. The van der Waals surface area contributed by atoms with Crippen LogP contribution in [0.1, 0.15) is 18.9 Å². The number of nitrogens with one attached hydrogen (secondary N) is 1. The Balaban J connectivity index is 1.33. The van der Waals surface area contributed by atoms with E-state index in [1.54, 1.807) is 14.7 Å². The normalized spacial score (nSPS) is 18.9. The van der Waals surface area contributed by atoms with E-state index < -0.39 is 0 Å². The fourth-order valence-electron chi connectivity index (χ4n) is 4.29. The number of hydrogen-bond acceptors (Lipinski definition) is 3. The zero-order valence-corrected chi connectivity index (χ0v) is 17.8. The van der Waals surface area contributed by atoms with Crippen LogP contribution in [0.3, 0.4) is 0 Å². The van der Waals surface area contributed by atoms with Gasteiger partial charge < -0.3 is 20.0 Å². The van der Waals surface area contributed by atoms with Crippen LogP contribution in [0.15, 0.2) is 54.6 Å². The monoisotopic (exact) mass is 420 g/mol. The van der Waals surface area contributed by atoms with Gasteiger partial charge in [0, 0.05) is 50.5 Å². The summed E-state index contributed by atoms with van der Waals surface area (Å²) >= 11 is 0. The summed E-state index contributed by atoms with van der Waals surface area (Å²) in [4.78, 5) is 43.5. The number of para-hydroxylation sites is 2. The maximum Gasteiger partial charge on any atom is 0.321 e. The van der Waals surface area contributed by atoms with Crippen molar-refractivity contribution in [3.8, 4) is 0 Å². The molecule has 2 heterocycles. The molecular formula is C24H28N4O3. The van der Waals surface area contributed by atoms with Gasteiger partial charge in [-0.1, -0.05) is 43.3 Å². The first-order valence-corrected chi connectivity index (χ1v) is 10.8. The van der Waals surface area contributed by atoms with Crippen molar-refractivity contribution in [2.24, 2.45) is 5.92 Å². The second-order valence-corrected chi connectivity index (χ2v) is 8.00. The Bertz CT molecular complexity index is 954. The SMILES string of the molecule is CCc1ccccc1N1CC(C(=O)N2CCN(C(=O)Nc3ccccc3)CC2)CC1=O. The number of amides is 4. The van der Waals surface area contributed by atoms with Crippen molar-refractivity contribution in [2.75, 3.05) is 42.9 Å². The number of urea groups is 1. The summed E-state index contributed by atoms with van der Waals surface area (Å²) in [5.41, 5.74) is 2.78. The summed E-state index contributed by atoms with van der Waals surface area (Å²) in [6.07, 6.45) is 1.08. The van der Waals surface area contributed by atoms with Crippen molar-refractivity contribution in [3.05, 3.63) is 60.2 Å². The second kappa shape index (κ2) is 9.20. The highest BCUT2D eigenvalue weighted by Crippen LogP contribution is 2.29. The molecule has 0 aromatic heterocycles. The topological polar surface area (TPSA) is 73.0 Å². The van der Waals surface area contributed by atoms with Crippen molar-refractivity contribution < 1.29 is 14.4 Å². The first-order valence-electron chi connectivity index (χ1n) is 10.8. The van der Waals surface area contributed by atoms with Crippen molar-refractivity contribution in [2.45, 2.75) is 19.8 Å². The van der Waals surface area contributed by atoms with Gasteiger partial charge >= 0.3 is 6.03 Å². The van der Waals surface area contributed by atoms with Gasteiger partial charge in [0.2, 0.25) is 11.8 Å². The summed E-state index contributed by atoms with van der Waals surface area (Å²) in [6, 6.07) is 17.1. The first-order chi connectivity index (χ1) is 15.1. The van der Waals surface area contributed by atoms with Gasteiger partial charge in [-0.2, -0.15) is 0 Å². The van der Waals surface area contributed by atoms with Gasteiger partial charge in [-0.15, -0.1) is 0 Å². The Kier molecular flexibility index (Phi) is 6.21. The largest absolute Gasteiger partial charge is 0.339 e. The molecule has 162 valence electrons. The molecule has 0 radical (unpaired) electrons. The van der Waals surface area contributed by atoms with Crippen LogP contribution in [0.25, 0.3) is 0 Å². The third kappa shape index (κ3) is 4.55. The Morgan fingerprint density at radius 3 is 2.29 bits per heavy atom. The van der Waals surface area contributed by atoms with E-state index in [0.29, 0.717) is 32.7 Å². The van der Waals surface area contributed by atoms with Crippen LogP contribution in [0.4, 0.5) is 16.2 Å². The predicted octanol–water partition coefficient (Wildman–Crippen LogP) is 2.98. The Labute approximate surface area is 182 Å². The van der Waals surface area contributed by atoms with Gasteiger partial charge in [-0.05, 0) is 30.2 Å². The molecule has 4 rings (SSSR count). The quantitative estimate of drug-likeness (QED) is 0.827. The second-order valence-electron chi connectivity index (χ2n) is 8.00. The van der Waals surface area contributed by atoms with Gasteiger partial charge in [0.05, 0.1) is 5.92 Å². The molecule has 2 aromatic carbocycles. The molecule has 2 aromatic rings. The number of piperazine rings is 1. The lowest BCUT2D eigenvalue weighted by Crippen LogP contribution is -2.53. The van der Waals surface area contributed by atoms with Crippen molar-refractivity contribution in [3.63, 3.8) is 0 Å². The van der Waals surface area contributed by atoms with Crippen LogP contribution < -0.4 is 10.2 Å². The smallest absolute Gasteiger partial charge is 0.321 e. The number of benzene rings is 2. The van der Waals surface area contributed by atoms with Crippen LogP contribution in [0.2, 0.25) is 0 Å². The van der Waals surface area contributed by atoms with Crippen LogP contribution in [-0.2, 0) is 16.0 Å². The molecule has 1 unspecified atom stereocenters. The first kappa shape index (κ1) is 20.9. The summed E-state index contributed by atoms with van der Waals surface area (Å²) in [6.45, 7) is 4.41. The van der Waals surface area contributed by atoms with E-state index in [0.717, 1.165) is 23.4 Å². The predicted molar refractivity (Wildman–Crippen MR) is 120 cm³/mol. The highest BCUT2D eigenvalue weighted by molar-refractivity contribution is 6.01. The number of aryl methyl sites for hydroxylation is 1. The zero-order valence-electron chi connectivity index (χ0n) is 17.8. The number of carbonyl (C=O) groups is 3. The molecule has 0 spiro atoms. The molecule has 4 amide bonds. The van der Waals surface area contributed by atoms with E-state index in [9.17, 15) is 14.4 Å². The number of rotatable bonds is 4. The number of anilines is 2. The summed E-state index contributed by atoms with van der Waals surface area (Å²) < 4.78 is 0. The minimum Gasteiger partial charge on any atom is -0.339 e. The summed E-state index contributed by atoms with van der Waals surface area (Å²) in [7, 11) is 0. The maximum absolute atomic E-state index is 13.1. The van der Waals surface area contributed by atoms with Gasteiger partial charge in [-0.25, -0.2) is 4.79 Å². The minimum atomic E-state index is -0.331. The fourth-order valence-corrected chi connectivity index (χ4v) is 4.29. The van der Waals surface area contributed by atoms with Crippen LogP contribution in [0.5, 0.6) is 0 Å². The third-order valence-electron chi connectivity index (χ3n) is 6.04. The molecule has 1 N–H and O–H groups in total. The maximum atomic E-state index is 13.1. The Morgan fingerprint density at radius 2 is 1.58 bits per heavy atom. The van der Waals surface area contributed by atoms with E-state index in [4.69, 9.17) is 0 Å². The van der Waals surface area contributed by atoms with Crippen molar-refractivity contribution in [1.29, 1.82) is 0 Å². The number of carbonyl (C=O) groups excluding carboxylic acids is 3. The van der Waals surface area contributed by atoms with Crippen LogP contribution >= 0.6 is 0 Å². The fraction of sp³-hybridized carbons (Fsp3) is 0.375. The molecule has 1 atom stereocenters. The molecule has 31 heavy (non-hydrogen) atoms. The van der Waals surface area contributed by atoms with Crippen LogP contribution in [-0.4, -0.2) is 60.4 Å². The van der Waals surface area contributed by atoms with E-state index in [1.807, 2.05) is 54.6 Å². The van der Waals surface area contributed by atoms with Gasteiger partial charge in [-0.3, -0.25) is 9.59 Å². The average molecular weight is 421 g/mol. The van der Waals surface area contributed by atoms with Gasteiger partial charge in [0.25, 0.3) is 0 Å². The highest BCUT2D eigenvalue weighted by atomic mass is 16.2. The molecule has 2 fully saturated rings. The van der Waals surface area contributed by atoms with Crippen molar-refractivity contribution in [1.82, 2.24) is 9.80 Å². The Morgan fingerprint density at radius 1 is 0.935 bits per heavy atom. The van der Waals surface area contributed by atoms with E-state index in [-0.39, 0.29) is 30.2 Å². The molecule has 7 heteroatoms. The molecule has 2 aliphatic heterocycles. The number of nitrogens with zero attached hydrogens (tertiary/aromatic N) is 3. The van der Waals surface area contributed by atoms with E-state index >= 15 is 0 Å². The molecule has 0 saturated carbocycles. The van der Waals surface area contributed by atoms with Gasteiger partial charge in [0.15, 0.2) is 0 Å². The zero-order chi connectivity index (χ0) is 21.8. The molecular weight excluding hydrogens is 392 g/mol. The van der Waals surface area contributed by atoms with E-state index in [1.165, 1.54) is 0 Å². The Hall–Kier alpha value is -3.35.